The monoisotopic (exact) mass is 227 g/mol. The van der Waals surface area contributed by atoms with Crippen molar-refractivity contribution >= 4 is 17.2 Å². The van der Waals surface area contributed by atoms with Gasteiger partial charge in [-0.2, -0.15) is 0 Å². The molecule has 0 radical (unpaired) electrons. The average molecular weight is 227 g/mol. The molecule has 0 atom stereocenters. The van der Waals surface area contributed by atoms with E-state index < -0.39 is 0 Å². The summed E-state index contributed by atoms with van der Waals surface area (Å²) in [4.78, 5) is 4.29. The van der Waals surface area contributed by atoms with E-state index >= 15 is 0 Å². The summed E-state index contributed by atoms with van der Waals surface area (Å²) in [6, 6.07) is 10.3. The minimum Gasteiger partial charge on any atom is -0.397 e. The maximum Gasteiger partial charge on any atom is 0.133 e. The van der Waals surface area contributed by atoms with Crippen molar-refractivity contribution < 1.29 is 0 Å². The molecule has 2 aromatic rings. The number of rotatable bonds is 3. The fraction of sp³-hybridized carbons (Fsp3) is 0.214. The molecule has 1 aromatic carbocycles. The zero-order valence-electron chi connectivity index (χ0n) is 10.2. The molecule has 88 valence electrons. The van der Waals surface area contributed by atoms with Gasteiger partial charge in [-0.1, -0.05) is 19.1 Å². The maximum atomic E-state index is 5.68. The Labute approximate surface area is 102 Å². The maximum absolute atomic E-state index is 5.68. The first-order valence-corrected chi connectivity index (χ1v) is 5.77. The van der Waals surface area contributed by atoms with E-state index in [1.807, 2.05) is 25.1 Å². The van der Waals surface area contributed by atoms with Crippen LogP contribution in [0.3, 0.4) is 0 Å². The minimum atomic E-state index is 0.690. The van der Waals surface area contributed by atoms with E-state index in [1.54, 1.807) is 6.20 Å². The second-order valence-corrected chi connectivity index (χ2v) is 4.11. The van der Waals surface area contributed by atoms with E-state index in [4.69, 9.17) is 5.73 Å². The molecule has 0 fully saturated rings. The summed E-state index contributed by atoms with van der Waals surface area (Å²) in [7, 11) is 0. The fourth-order valence-electron chi connectivity index (χ4n) is 1.73. The van der Waals surface area contributed by atoms with Gasteiger partial charge in [-0.25, -0.2) is 4.98 Å². The van der Waals surface area contributed by atoms with Crippen LogP contribution in [0, 0.1) is 6.92 Å². The average Bonchev–Trinajstić information content (AvgIpc) is 2.33. The van der Waals surface area contributed by atoms with Crippen LogP contribution < -0.4 is 11.1 Å². The van der Waals surface area contributed by atoms with Crippen molar-refractivity contribution in [1.29, 1.82) is 0 Å². The van der Waals surface area contributed by atoms with E-state index in [-0.39, 0.29) is 0 Å². The van der Waals surface area contributed by atoms with E-state index in [0.717, 1.165) is 23.5 Å². The SMILES string of the molecule is CCc1cccc(Nc2ncc(N)cc2C)c1. The molecule has 0 aliphatic rings. The van der Waals surface area contributed by atoms with Gasteiger partial charge in [-0.3, -0.25) is 0 Å². The summed E-state index contributed by atoms with van der Waals surface area (Å²) in [5.74, 6) is 0.854. The molecule has 0 saturated carbocycles. The van der Waals surface area contributed by atoms with Gasteiger partial charge in [0.2, 0.25) is 0 Å². The third-order valence-corrected chi connectivity index (χ3v) is 2.70. The first kappa shape index (κ1) is 11.5. The Balaban J connectivity index is 2.25. The molecular formula is C14H17N3. The fourth-order valence-corrected chi connectivity index (χ4v) is 1.73. The number of hydrogen-bond donors (Lipinski definition) is 2. The minimum absolute atomic E-state index is 0.690. The Bertz CT molecular complexity index is 521. The highest BCUT2D eigenvalue weighted by molar-refractivity contribution is 5.61. The number of anilines is 3. The highest BCUT2D eigenvalue weighted by Crippen LogP contribution is 2.20. The van der Waals surface area contributed by atoms with Gasteiger partial charge in [0.1, 0.15) is 5.82 Å². The predicted octanol–water partition coefficient (Wildman–Crippen LogP) is 3.28. The number of nitrogens with one attached hydrogen (secondary N) is 1. The summed E-state index contributed by atoms with van der Waals surface area (Å²) in [5, 5.41) is 3.31. The number of nitrogen functional groups attached to an aromatic ring is 1. The van der Waals surface area contributed by atoms with Gasteiger partial charge in [-0.15, -0.1) is 0 Å². The molecule has 17 heavy (non-hydrogen) atoms. The van der Waals surface area contributed by atoms with Gasteiger partial charge in [0, 0.05) is 5.69 Å². The van der Waals surface area contributed by atoms with Crippen LogP contribution in [-0.4, -0.2) is 4.98 Å². The molecule has 0 saturated heterocycles. The molecule has 2 rings (SSSR count). The van der Waals surface area contributed by atoms with E-state index in [0.29, 0.717) is 5.69 Å². The summed E-state index contributed by atoms with van der Waals surface area (Å²) < 4.78 is 0. The van der Waals surface area contributed by atoms with E-state index in [1.165, 1.54) is 5.56 Å². The lowest BCUT2D eigenvalue weighted by Gasteiger charge is -2.09. The summed E-state index contributed by atoms with van der Waals surface area (Å²) in [6.45, 7) is 4.14. The molecule has 0 unspecified atom stereocenters. The molecule has 3 N–H and O–H groups in total. The van der Waals surface area contributed by atoms with Crippen LogP contribution in [0.25, 0.3) is 0 Å². The molecule has 0 amide bonds. The lowest BCUT2D eigenvalue weighted by Crippen LogP contribution is -1.98. The Morgan fingerprint density at radius 1 is 1.29 bits per heavy atom. The Hall–Kier alpha value is -2.03. The molecule has 1 aromatic heterocycles. The lowest BCUT2D eigenvalue weighted by molar-refractivity contribution is 1.14. The quantitative estimate of drug-likeness (QED) is 0.846. The topological polar surface area (TPSA) is 50.9 Å². The van der Waals surface area contributed by atoms with Crippen LogP contribution in [0.1, 0.15) is 18.1 Å². The first-order valence-electron chi connectivity index (χ1n) is 5.77. The second-order valence-electron chi connectivity index (χ2n) is 4.11. The smallest absolute Gasteiger partial charge is 0.133 e. The van der Waals surface area contributed by atoms with Gasteiger partial charge >= 0.3 is 0 Å². The summed E-state index contributed by atoms with van der Waals surface area (Å²) in [5.41, 5.74) is 9.78. The summed E-state index contributed by atoms with van der Waals surface area (Å²) >= 11 is 0. The summed E-state index contributed by atoms with van der Waals surface area (Å²) in [6.07, 6.45) is 2.70. The van der Waals surface area contributed by atoms with Crippen LogP contribution in [0.4, 0.5) is 17.2 Å². The zero-order chi connectivity index (χ0) is 12.3. The molecule has 0 bridgehead atoms. The third-order valence-electron chi connectivity index (χ3n) is 2.70. The molecular weight excluding hydrogens is 210 g/mol. The second kappa shape index (κ2) is 4.87. The molecule has 0 aliphatic heterocycles. The van der Waals surface area contributed by atoms with Gasteiger partial charge in [0.25, 0.3) is 0 Å². The van der Waals surface area contributed by atoms with Crippen LogP contribution in [-0.2, 0) is 6.42 Å². The number of nitrogens with two attached hydrogens (primary N) is 1. The third kappa shape index (κ3) is 2.75. The number of aromatic nitrogens is 1. The Morgan fingerprint density at radius 2 is 2.12 bits per heavy atom. The number of nitrogens with zero attached hydrogens (tertiary/aromatic N) is 1. The normalized spacial score (nSPS) is 10.2. The van der Waals surface area contributed by atoms with Crippen LogP contribution in [0.2, 0.25) is 0 Å². The number of benzene rings is 1. The number of pyridine rings is 1. The van der Waals surface area contributed by atoms with Crippen molar-refractivity contribution in [3.05, 3.63) is 47.7 Å². The molecule has 1 heterocycles. The van der Waals surface area contributed by atoms with E-state index in [9.17, 15) is 0 Å². The molecule has 3 nitrogen and oxygen atoms in total. The standard InChI is InChI=1S/C14H17N3/c1-3-11-5-4-6-13(8-11)17-14-10(2)7-12(15)9-16-14/h4-9H,3,15H2,1-2H3,(H,16,17). The van der Waals surface area contributed by atoms with Crippen molar-refractivity contribution in [1.82, 2.24) is 4.98 Å². The van der Waals surface area contributed by atoms with Crippen molar-refractivity contribution in [2.24, 2.45) is 0 Å². The van der Waals surface area contributed by atoms with Crippen LogP contribution in [0.15, 0.2) is 36.5 Å². The number of aryl methyl sites for hydroxylation is 2. The van der Waals surface area contributed by atoms with Gasteiger partial charge in [-0.05, 0) is 42.7 Å². The van der Waals surface area contributed by atoms with Crippen molar-refractivity contribution in [3.8, 4) is 0 Å². The number of hydrogen-bond acceptors (Lipinski definition) is 3. The van der Waals surface area contributed by atoms with Crippen molar-refractivity contribution in [3.63, 3.8) is 0 Å². The molecule has 0 spiro atoms. The molecule has 3 heteroatoms. The van der Waals surface area contributed by atoms with Crippen molar-refractivity contribution in [2.45, 2.75) is 20.3 Å². The van der Waals surface area contributed by atoms with Gasteiger partial charge in [0.15, 0.2) is 0 Å². The van der Waals surface area contributed by atoms with E-state index in [2.05, 4.69) is 29.4 Å². The highest BCUT2D eigenvalue weighted by Gasteiger charge is 2.01. The molecule has 0 aliphatic carbocycles. The highest BCUT2D eigenvalue weighted by atomic mass is 15.0. The van der Waals surface area contributed by atoms with Gasteiger partial charge < -0.3 is 11.1 Å². The predicted molar refractivity (Wildman–Crippen MR) is 72.5 cm³/mol. The van der Waals surface area contributed by atoms with Crippen LogP contribution in [0.5, 0.6) is 0 Å². The largest absolute Gasteiger partial charge is 0.397 e. The first-order chi connectivity index (χ1) is 8.19. The van der Waals surface area contributed by atoms with Gasteiger partial charge in [0.05, 0.1) is 11.9 Å². The Kier molecular flexibility index (Phi) is 3.28. The zero-order valence-corrected chi connectivity index (χ0v) is 10.2. The Morgan fingerprint density at radius 3 is 2.82 bits per heavy atom. The van der Waals surface area contributed by atoms with Crippen LogP contribution >= 0.6 is 0 Å². The van der Waals surface area contributed by atoms with Crippen molar-refractivity contribution in [2.75, 3.05) is 11.1 Å². The lowest BCUT2D eigenvalue weighted by atomic mass is 10.1.